The number of nitrogens with two attached hydrogens (primary N) is 1. The molecule has 0 spiro atoms. The van der Waals surface area contributed by atoms with Gasteiger partial charge in [0.15, 0.2) is 0 Å². The smallest absolute Gasteiger partial charge is 0.254 e. The van der Waals surface area contributed by atoms with Crippen LogP contribution in [0, 0.1) is 0 Å². The number of phenols is 1. The zero-order chi connectivity index (χ0) is 12.3. The van der Waals surface area contributed by atoms with Gasteiger partial charge in [0.25, 0.3) is 5.56 Å². The van der Waals surface area contributed by atoms with Crippen molar-refractivity contribution in [3.05, 3.63) is 46.5 Å². The second kappa shape index (κ2) is 4.80. The van der Waals surface area contributed by atoms with Crippen LogP contribution in [-0.4, -0.2) is 21.6 Å². The SMILES string of the molecule is NCCc1c(-c2ccc(O)cc2)nc[nH]c1=O. The number of aromatic amines is 1. The van der Waals surface area contributed by atoms with E-state index in [1.807, 2.05) is 0 Å². The minimum atomic E-state index is -0.173. The number of rotatable bonds is 3. The minimum absolute atomic E-state index is 0.173. The minimum Gasteiger partial charge on any atom is -0.508 e. The molecule has 88 valence electrons. The summed E-state index contributed by atoms with van der Waals surface area (Å²) >= 11 is 0. The van der Waals surface area contributed by atoms with Gasteiger partial charge in [-0.3, -0.25) is 4.79 Å². The lowest BCUT2D eigenvalue weighted by Gasteiger charge is -2.06. The van der Waals surface area contributed by atoms with Gasteiger partial charge in [0, 0.05) is 11.1 Å². The summed E-state index contributed by atoms with van der Waals surface area (Å²) in [7, 11) is 0. The van der Waals surface area contributed by atoms with Crippen LogP contribution in [0.1, 0.15) is 5.56 Å². The summed E-state index contributed by atoms with van der Waals surface area (Å²) in [6.07, 6.45) is 1.84. The number of nitrogens with zero attached hydrogens (tertiary/aromatic N) is 1. The Morgan fingerprint density at radius 3 is 2.65 bits per heavy atom. The van der Waals surface area contributed by atoms with Crippen molar-refractivity contribution in [1.82, 2.24) is 9.97 Å². The van der Waals surface area contributed by atoms with Gasteiger partial charge in [0.1, 0.15) is 5.75 Å². The van der Waals surface area contributed by atoms with Gasteiger partial charge >= 0.3 is 0 Å². The molecule has 5 heteroatoms. The van der Waals surface area contributed by atoms with E-state index in [1.165, 1.54) is 6.33 Å². The molecule has 0 fully saturated rings. The van der Waals surface area contributed by atoms with E-state index in [1.54, 1.807) is 24.3 Å². The van der Waals surface area contributed by atoms with E-state index in [0.717, 1.165) is 5.56 Å². The molecule has 5 nitrogen and oxygen atoms in total. The summed E-state index contributed by atoms with van der Waals surface area (Å²) in [5.41, 5.74) is 7.28. The highest BCUT2D eigenvalue weighted by molar-refractivity contribution is 5.63. The zero-order valence-electron chi connectivity index (χ0n) is 9.18. The van der Waals surface area contributed by atoms with Gasteiger partial charge in [-0.1, -0.05) is 0 Å². The van der Waals surface area contributed by atoms with Crippen molar-refractivity contribution in [2.24, 2.45) is 5.73 Å². The largest absolute Gasteiger partial charge is 0.508 e. The third-order valence-electron chi connectivity index (χ3n) is 2.48. The molecule has 0 saturated carbocycles. The maximum absolute atomic E-state index is 11.7. The fourth-order valence-corrected chi connectivity index (χ4v) is 1.67. The molecular weight excluding hydrogens is 218 g/mol. The van der Waals surface area contributed by atoms with Gasteiger partial charge in [-0.2, -0.15) is 0 Å². The van der Waals surface area contributed by atoms with Crippen LogP contribution in [0.15, 0.2) is 35.4 Å². The molecule has 0 aliphatic carbocycles. The molecule has 0 radical (unpaired) electrons. The molecule has 0 unspecified atom stereocenters. The topological polar surface area (TPSA) is 92.0 Å². The maximum atomic E-state index is 11.7. The van der Waals surface area contributed by atoms with E-state index in [9.17, 15) is 9.90 Å². The monoisotopic (exact) mass is 231 g/mol. The van der Waals surface area contributed by atoms with Crippen LogP contribution in [0.5, 0.6) is 5.75 Å². The predicted molar refractivity (Wildman–Crippen MR) is 64.7 cm³/mol. The number of nitrogens with one attached hydrogen (secondary N) is 1. The molecule has 0 bridgehead atoms. The summed E-state index contributed by atoms with van der Waals surface area (Å²) in [5, 5.41) is 9.22. The average Bonchev–Trinajstić information content (AvgIpc) is 2.33. The number of phenolic OH excluding ortho intramolecular Hbond substituents is 1. The first kappa shape index (κ1) is 11.3. The van der Waals surface area contributed by atoms with Gasteiger partial charge in [-0.05, 0) is 37.2 Å². The van der Waals surface area contributed by atoms with E-state index < -0.39 is 0 Å². The van der Waals surface area contributed by atoms with Crippen LogP contribution in [-0.2, 0) is 6.42 Å². The molecule has 0 aliphatic heterocycles. The molecule has 0 aliphatic rings. The van der Waals surface area contributed by atoms with Crippen LogP contribution < -0.4 is 11.3 Å². The Hall–Kier alpha value is -2.14. The van der Waals surface area contributed by atoms with Crippen molar-refractivity contribution in [3.8, 4) is 17.0 Å². The third kappa shape index (κ3) is 2.34. The molecule has 2 aromatic rings. The molecule has 0 amide bonds. The van der Waals surface area contributed by atoms with Crippen LogP contribution in [0.4, 0.5) is 0 Å². The Morgan fingerprint density at radius 1 is 1.29 bits per heavy atom. The Morgan fingerprint density at radius 2 is 2.00 bits per heavy atom. The van der Waals surface area contributed by atoms with E-state index in [2.05, 4.69) is 9.97 Å². The van der Waals surface area contributed by atoms with Gasteiger partial charge in [-0.25, -0.2) is 4.98 Å². The summed E-state index contributed by atoms with van der Waals surface area (Å²) < 4.78 is 0. The maximum Gasteiger partial charge on any atom is 0.254 e. The number of H-pyrrole nitrogens is 1. The van der Waals surface area contributed by atoms with Crippen LogP contribution in [0.3, 0.4) is 0 Å². The highest BCUT2D eigenvalue weighted by atomic mass is 16.3. The van der Waals surface area contributed by atoms with Crippen molar-refractivity contribution < 1.29 is 5.11 Å². The molecular formula is C12H13N3O2. The Balaban J connectivity index is 2.54. The molecule has 4 N–H and O–H groups in total. The number of aromatic hydroxyl groups is 1. The lowest BCUT2D eigenvalue weighted by atomic mass is 10.0. The fourth-order valence-electron chi connectivity index (χ4n) is 1.67. The Labute approximate surface area is 98.0 Å². The molecule has 1 heterocycles. The van der Waals surface area contributed by atoms with Crippen molar-refractivity contribution >= 4 is 0 Å². The molecule has 1 aromatic carbocycles. The van der Waals surface area contributed by atoms with Gasteiger partial charge in [-0.15, -0.1) is 0 Å². The normalized spacial score (nSPS) is 10.4. The van der Waals surface area contributed by atoms with E-state index in [4.69, 9.17) is 5.73 Å². The quantitative estimate of drug-likeness (QED) is 0.723. The lowest BCUT2D eigenvalue weighted by Crippen LogP contribution is -2.18. The van der Waals surface area contributed by atoms with Crippen LogP contribution in [0.2, 0.25) is 0 Å². The van der Waals surface area contributed by atoms with Crippen molar-refractivity contribution in [1.29, 1.82) is 0 Å². The van der Waals surface area contributed by atoms with Crippen molar-refractivity contribution in [3.63, 3.8) is 0 Å². The number of hydrogen-bond acceptors (Lipinski definition) is 4. The molecule has 17 heavy (non-hydrogen) atoms. The highest BCUT2D eigenvalue weighted by Crippen LogP contribution is 2.21. The van der Waals surface area contributed by atoms with Crippen LogP contribution >= 0.6 is 0 Å². The summed E-state index contributed by atoms with van der Waals surface area (Å²) in [6, 6.07) is 6.56. The third-order valence-corrected chi connectivity index (χ3v) is 2.48. The van der Waals surface area contributed by atoms with Gasteiger partial charge in [0.05, 0.1) is 12.0 Å². The van der Waals surface area contributed by atoms with E-state index in [-0.39, 0.29) is 11.3 Å². The molecule has 1 aromatic heterocycles. The molecule has 2 rings (SSSR count). The first-order chi connectivity index (χ1) is 8.22. The van der Waals surface area contributed by atoms with Gasteiger partial charge in [0.2, 0.25) is 0 Å². The van der Waals surface area contributed by atoms with Crippen LogP contribution in [0.25, 0.3) is 11.3 Å². The van der Waals surface area contributed by atoms with Crippen molar-refractivity contribution in [2.75, 3.05) is 6.54 Å². The second-order valence-electron chi connectivity index (χ2n) is 3.64. The predicted octanol–water partition coefficient (Wildman–Crippen LogP) is 0.644. The fraction of sp³-hybridized carbons (Fsp3) is 0.167. The highest BCUT2D eigenvalue weighted by Gasteiger charge is 2.09. The van der Waals surface area contributed by atoms with Crippen molar-refractivity contribution in [2.45, 2.75) is 6.42 Å². The first-order valence-corrected chi connectivity index (χ1v) is 5.28. The number of benzene rings is 1. The molecule has 0 atom stereocenters. The molecule has 0 saturated heterocycles. The summed E-state index contributed by atoms with van der Waals surface area (Å²) in [6.45, 7) is 0.389. The summed E-state index contributed by atoms with van der Waals surface area (Å²) in [5.74, 6) is 0.180. The number of hydrogen-bond donors (Lipinski definition) is 3. The number of aromatic nitrogens is 2. The average molecular weight is 231 g/mol. The van der Waals surface area contributed by atoms with E-state index in [0.29, 0.717) is 24.2 Å². The second-order valence-corrected chi connectivity index (χ2v) is 3.64. The van der Waals surface area contributed by atoms with Gasteiger partial charge < -0.3 is 15.8 Å². The summed E-state index contributed by atoms with van der Waals surface area (Å²) in [4.78, 5) is 18.4. The Bertz CT molecular complexity index is 561. The zero-order valence-corrected chi connectivity index (χ0v) is 9.18. The standard InChI is InChI=1S/C12H13N3O2/c13-6-5-10-11(14-7-15-12(10)17)8-1-3-9(16)4-2-8/h1-4,7,16H,5-6,13H2,(H,14,15,17). The Kier molecular flexibility index (Phi) is 3.20. The first-order valence-electron chi connectivity index (χ1n) is 5.28. The lowest BCUT2D eigenvalue weighted by molar-refractivity contribution is 0.475. The van der Waals surface area contributed by atoms with E-state index >= 15 is 0 Å².